The molecule has 0 aliphatic heterocycles. The van der Waals surface area contributed by atoms with E-state index in [-0.39, 0.29) is 6.42 Å². The van der Waals surface area contributed by atoms with Crippen LogP contribution in [0.25, 0.3) is 22.2 Å². The molecular formula is C19H19NO2. The lowest BCUT2D eigenvalue weighted by Crippen LogP contribution is -2.01. The predicted octanol–water partition coefficient (Wildman–Crippen LogP) is 4.39. The molecular weight excluding hydrogens is 274 g/mol. The number of hydrogen-bond acceptors (Lipinski definition) is 1. The van der Waals surface area contributed by atoms with E-state index in [1.165, 1.54) is 5.56 Å². The van der Waals surface area contributed by atoms with Gasteiger partial charge in [0.15, 0.2) is 0 Å². The van der Waals surface area contributed by atoms with Crippen molar-refractivity contribution in [2.75, 3.05) is 0 Å². The van der Waals surface area contributed by atoms with Crippen molar-refractivity contribution in [3.05, 3.63) is 58.7 Å². The molecule has 0 amide bonds. The van der Waals surface area contributed by atoms with E-state index in [0.717, 1.165) is 38.9 Å². The Labute approximate surface area is 129 Å². The van der Waals surface area contributed by atoms with Gasteiger partial charge in [0.2, 0.25) is 0 Å². The van der Waals surface area contributed by atoms with Crippen LogP contribution in [0, 0.1) is 20.8 Å². The average Bonchev–Trinajstić information content (AvgIpc) is 2.76. The van der Waals surface area contributed by atoms with Crippen molar-refractivity contribution in [1.82, 2.24) is 4.98 Å². The maximum atomic E-state index is 11.3. The van der Waals surface area contributed by atoms with Gasteiger partial charge in [-0.25, -0.2) is 0 Å². The van der Waals surface area contributed by atoms with Gasteiger partial charge in [-0.2, -0.15) is 0 Å². The van der Waals surface area contributed by atoms with E-state index in [0.29, 0.717) is 0 Å². The molecule has 0 aliphatic rings. The van der Waals surface area contributed by atoms with Crippen molar-refractivity contribution in [3.8, 4) is 11.3 Å². The minimum absolute atomic E-state index is 0.0199. The molecule has 0 bridgehead atoms. The van der Waals surface area contributed by atoms with E-state index in [1.54, 1.807) is 0 Å². The van der Waals surface area contributed by atoms with Crippen LogP contribution in [-0.4, -0.2) is 16.1 Å². The highest BCUT2D eigenvalue weighted by Crippen LogP contribution is 2.33. The van der Waals surface area contributed by atoms with E-state index in [1.807, 2.05) is 19.1 Å². The zero-order valence-corrected chi connectivity index (χ0v) is 13.0. The minimum atomic E-state index is -0.812. The van der Waals surface area contributed by atoms with Gasteiger partial charge in [0.1, 0.15) is 0 Å². The lowest BCUT2D eigenvalue weighted by atomic mass is 9.97. The number of carboxylic acid groups (broad SMARTS) is 1. The molecule has 0 saturated heterocycles. The van der Waals surface area contributed by atoms with Crippen molar-refractivity contribution in [3.63, 3.8) is 0 Å². The Balaban J connectivity index is 2.30. The summed E-state index contributed by atoms with van der Waals surface area (Å²) in [6, 6.07) is 12.4. The number of rotatable bonds is 3. The fraction of sp³-hybridized carbons (Fsp3) is 0.211. The van der Waals surface area contributed by atoms with Crippen LogP contribution in [0.2, 0.25) is 0 Å². The van der Waals surface area contributed by atoms with E-state index in [9.17, 15) is 9.90 Å². The zero-order chi connectivity index (χ0) is 15.9. The molecule has 2 aromatic carbocycles. The maximum absolute atomic E-state index is 11.3. The Morgan fingerprint density at radius 2 is 1.73 bits per heavy atom. The first-order chi connectivity index (χ1) is 10.5. The number of fused-ring (bicyclic) bond motifs is 1. The highest BCUT2D eigenvalue weighted by molar-refractivity contribution is 5.94. The Hall–Kier alpha value is -2.55. The molecule has 112 valence electrons. The van der Waals surface area contributed by atoms with E-state index < -0.39 is 5.97 Å². The van der Waals surface area contributed by atoms with Crippen LogP contribution < -0.4 is 0 Å². The number of hydrogen-bond donors (Lipinski definition) is 2. The molecule has 1 heterocycles. The smallest absolute Gasteiger partial charge is 0.307 e. The lowest BCUT2D eigenvalue weighted by molar-refractivity contribution is -0.136. The van der Waals surface area contributed by atoms with Gasteiger partial charge in [-0.15, -0.1) is 0 Å². The van der Waals surface area contributed by atoms with Gasteiger partial charge >= 0.3 is 5.97 Å². The van der Waals surface area contributed by atoms with Gasteiger partial charge in [0.05, 0.1) is 12.1 Å². The Bertz CT molecular complexity index is 875. The number of aromatic nitrogens is 1. The number of benzene rings is 2. The summed E-state index contributed by atoms with van der Waals surface area (Å²) in [7, 11) is 0. The SMILES string of the molecule is Cc1ccc(-c2[nH]c3ccc(C)cc3c2CC(=O)O)c(C)c1. The molecule has 1 aromatic heterocycles. The third-order valence-electron chi connectivity index (χ3n) is 4.04. The third kappa shape index (κ3) is 2.50. The fourth-order valence-corrected chi connectivity index (χ4v) is 3.02. The summed E-state index contributed by atoms with van der Waals surface area (Å²) in [6.07, 6.45) is 0.0199. The molecule has 0 saturated carbocycles. The van der Waals surface area contributed by atoms with E-state index in [4.69, 9.17) is 0 Å². The molecule has 0 aliphatic carbocycles. The summed E-state index contributed by atoms with van der Waals surface area (Å²) in [5, 5.41) is 10.3. The highest BCUT2D eigenvalue weighted by atomic mass is 16.4. The zero-order valence-electron chi connectivity index (χ0n) is 13.0. The van der Waals surface area contributed by atoms with Gasteiger partial charge in [-0.05, 0) is 44.0 Å². The maximum Gasteiger partial charge on any atom is 0.307 e. The van der Waals surface area contributed by atoms with Crippen LogP contribution in [0.3, 0.4) is 0 Å². The molecule has 3 rings (SSSR count). The first-order valence-corrected chi connectivity index (χ1v) is 7.36. The molecule has 3 heteroatoms. The van der Waals surface area contributed by atoms with Crippen LogP contribution in [0.15, 0.2) is 36.4 Å². The monoisotopic (exact) mass is 293 g/mol. The molecule has 0 atom stereocenters. The Morgan fingerprint density at radius 1 is 1.05 bits per heavy atom. The van der Waals surface area contributed by atoms with Crippen molar-refractivity contribution in [2.45, 2.75) is 27.2 Å². The number of carbonyl (C=O) groups is 1. The number of carboxylic acids is 1. The van der Waals surface area contributed by atoms with Crippen LogP contribution in [0.5, 0.6) is 0 Å². The Kier molecular flexibility index (Phi) is 3.49. The van der Waals surface area contributed by atoms with Crippen molar-refractivity contribution >= 4 is 16.9 Å². The average molecular weight is 293 g/mol. The lowest BCUT2D eigenvalue weighted by Gasteiger charge is -2.08. The summed E-state index contributed by atoms with van der Waals surface area (Å²) in [4.78, 5) is 14.7. The Morgan fingerprint density at radius 3 is 2.41 bits per heavy atom. The summed E-state index contributed by atoms with van der Waals surface area (Å²) in [5.41, 5.74) is 7.31. The first-order valence-electron chi connectivity index (χ1n) is 7.36. The molecule has 3 aromatic rings. The van der Waals surface area contributed by atoms with Crippen molar-refractivity contribution in [2.24, 2.45) is 0 Å². The molecule has 0 fully saturated rings. The summed E-state index contributed by atoms with van der Waals surface area (Å²) < 4.78 is 0. The molecule has 3 nitrogen and oxygen atoms in total. The standard InChI is InChI=1S/C19H19NO2/c1-11-4-6-14(13(3)8-11)19-16(10-18(21)22)15-9-12(2)5-7-17(15)20-19/h4-9,20H,10H2,1-3H3,(H,21,22). The van der Waals surface area contributed by atoms with E-state index >= 15 is 0 Å². The van der Waals surface area contributed by atoms with Crippen LogP contribution in [0.1, 0.15) is 22.3 Å². The topological polar surface area (TPSA) is 53.1 Å². The predicted molar refractivity (Wildman–Crippen MR) is 89.3 cm³/mol. The van der Waals surface area contributed by atoms with Crippen LogP contribution in [0.4, 0.5) is 0 Å². The van der Waals surface area contributed by atoms with Gasteiger partial charge in [-0.3, -0.25) is 4.79 Å². The van der Waals surface area contributed by atoms with Gasteiger partial charge in [0, 0.05) is 16.5 Å². The number of H-pyrrole nitrogens is 1. The quantitative estimate of drug-likeness (QED) is 0.752. The van der Waals surface area contributed by atoms with Gasteiger partial charge in [0.25, 0.3) is 0 Å². The number of aromatic amines is 1. The van der Waals surface area contributed by atoms with Crippen molar-refractivity contribution < 1.29 is 9.90 Å². The summed E-state index contributed by atoms with van der Waals surface area (Å²) in [5.74, 6) is -0.812. The largest absolute Gasteiger partial charge is 0.481 e. The fourth-order valence-electron chi connectivity index (χ4n) is 3.02. The highest BCUT2D eigenvalue weighted by Gasteiger charge is 2.17. The minimum Gasteiger partial charge on any atom is -0.481 e. The molecule has 2 N–H and O–H groups in total. The van der Waals surface area contributed by atoms with Gasteiger partial charge in [-0.1, -0.05) is 35.4 Å². The molecule has 0 unspecified atom stereocenters. The molecule has 0 spiro atoms. The third-order valence-corrected chi connectivity index (χ3v) is 4.04. The normalized spacial score (nSPS) is 11.0. The van der Waals surface area contributed by atoms with Crippen LogP contribution in [-0.2, 0) is 11.2 Å². The second kappa shape index (κ2) is 5.34. The van der Waals surface area contributed by atoms with Gasteiger partial charge < -0.3 is 10.1 Å². The summed E-state index contributed by atoms with van der Waals surface area (Å²) in [6.45, 7) is 6.14. The first kappa shape index (κ1) is 14.4. The number of aryl methyl sites for hydroxylation is 3. The molecule has 22 heavy (non-hydrogen) atoms. The summed E-state index contributed by atoms with van der Waals surface area (Å²) >= 11 is 0. The van der Waals surface area contributed by atoms with Crippen molar-refractivity contribution in [1.29, 1.82) is 0 Å². The number of nitrogens with one attached hydrogen (secondary N) is 1. The second-order valence-corrected chi connectivity index (χ2v) is 5.92. The number of aliphatic carboxylic acids is 1. The van der Waals surface area contributed by atoms with Crippen LogP contribution >= 0.6 is 0 Å². The van der Waals surface area contributed by atoms with E-state index in [2.05, 4.69) is 43.1 Å². The molecule has 0 radical (unpaired) electrons. The second-order valence-electron chi connectivity index (χ2n) is 5.92.